The van der Waals surface area contributed by atoms with E-state index < -0.39 is 0 Å². The molecule has 1 fully saturated rings. The zero-order chi connectivity index (χ0) is 15.1. The van der Waals surface area contributed by atoms with Crippen molar-refractivity contribution in [2.45, 2.75) is 32.2 Å². The first-order chi connectivity index (χ1) is 10.2. The summed E-state index contributed by atoms with van der Waals surface area (Å²) in [6.07, 6.45) is 5.60. The van der Waals surface area contributed by atoms with Gasteiger partial charge in [0.1, 0.15) is 0 Å². The highest BCUT2D eigenvalue weighted by molar-refractivity contribution is 9.10. The summed E-state index contributed by atoms with van der Waals surface area (Å²) in [4.78, 5) is 2.39. The summed E-state index contributed by atoms with van der Waals surface area (Å²) in [5, 5.41) is 3.38. The standard InChI is InChI=1S/C17H27BrN2O/c1-20(13-14-5-3-4-6-14)17-8-7-15(11-16(17)18)12-19-9-10-21-2/h7-8,11,14,19H,3-6,9-10,12-13H2,1-2H3. The van der Waals surface area contributed by atoms with Crippen LogP contribution in [0.4, 0.5) is 5.69 Å². The van der Waals surface area contributed by atoms with E-state index >= 15 is 0 Å². The van der Waals surface area contributed by atoms with Gasteiger partial charge in [0, 0.05) is 38.3 Å². The number of halogens is 1. The second kappa shape index (κ2) is 8.76. The molecule has 3 nitrogen and oxygen atoms in total. The minimum atomic E-state index is 0.753. The van der Waals surface area contributed by atoms with E-state index in [1.807, 2.05) is 0 Å². The van der Waals surface area contributed by atoms with E-state index in [2.05, 4.69) is 51.4 Å². The fourth-order valence-corrected chi connectivity index (χ4v) is 3.78. The van der Waals surface area contributed by atoms with Crippen LogP contribution in [0.1, 0.15) is 31.2 Å². The Bertz CT molecular complexity index is 433. The number of nitrogens with one attached hydrogen (secondary N) is 1. The SMILES string of the molecule is COCCNCc1ccc(N(C)CC2CCCC2)c(Br)c1. The zero-order valence-corrected chi connectivity index (χ0v) is 14.8. The molecular formula is C17H27BrN2O. The van der Waals surface area contributed by atoms with Crippen LogP contribution in [0.15, 0.2) is 22.7 Å². The smallest absolute Gasteiger partial charge is 0.0587 e. The molecule has 0 radical (unpaired) electrons. The van der Waals surface area contributed by atoms with E-state index in [0.717, 1.165) is 25.6 Å². The van der Waals surface area contributed by atoms with Gasteiger partial charge >= 0.3 is 0 Å². The summed E-state index contributed by atoms with van der Waals surface area (Å²) in [5.41, 5.74) is 2.60. The van der Waals surface area contributed by atoms with Crippen LogP contribution in [-0.4, -0.2) is 33.9 Å². The van der Waals surface area contributed by atoms with E-state index in [-0.39, 0.29) is 0 Å². The first-order valence-electron chi connectivity index (χ1n) is 7.90. The van der Waals surface area contributed by atoms with Crippen LogP contribution in [0.5, 0.6) is 0 Å². The third kappa shape index (κ3) is 5.28. The topological polar surface area (TPSA) is 24.5 Å². The van der Waals surface area contributed by atoms with Crippen molar-refractivity contribution in [1.82, 2.24) is 5.32 Å². The molecule has 0 saturated heterocycles. The Balaban J connectivity index is 1.88. The number of benzene rings is 1. The molecule has 0 bridgehead atoms. The highest BCUT2D eigenvalue weighted by atomic mass is 79.9. The summed E-state index contributed by atoms with van der Waals surface area (Å²) < 4.78 is 6.23. The van der Waals surface area contributed by atoms with Gasteiger partial charge in [-0.15, -0.1) is 0 Å². The van der Waals surface area contributed by atoms with Crippen molar-refractivity contribution < 1.29 is 4.74 Å². The molecule has 2 rings (SSSR count). The Kier molecular flexibility index (Phi) is 7.00. The summed E-state index contributed by atoms with van der Waals surface area (Å²) in [7, 11) is 3.93. The van der Waals surface area contributed by atoms with Crippen LogP contribution in [0.3, 0.4) is 0 Å². The lowest BCUT2D eigenvalue weighted by molar-refractivity contribution is 0.199. The number of hydrogen-bond acceptors (Lipinski definition) is 3. The van der Waals surface area contributed by atoms with Crippen LogP contribution >= 0.6 is 15.9 Å². The van der Waals surface area contributed by atoms with Crippen LogP contribution < -0.4 is 10.2 Å². The van der Waals surface area contributed by atoms with Gasteiger partial charge in [-0.05, 0) is 52.4 Å². The lowest BCUT2D eigenvalue weighted by Gasteiger charge is -2.24. The van der Waals surface area contributed by atoms with E-state index in [9.17, 15) is 0 Å². The molecule has 1 saturated carbocycles. The fourth-order valence-electron chi connectivity index (χ4n) is 3.06. The molecule has 1 aromatic carbocycles. The van der Waals surface area contributed by atoms with Crippen molar-refractivity contribution in [2.75, 3.05) is 38.8 Å². The molecule has 21 heavy (non-hydrogen) atoms. The average Bonchev–Trinajstić information content (AvgIpc) is 2.96. The maximum absolute atomic E-state index is 5.04. The Morgan fingerprint density at radius 1 is 1.33 bits per heavy atom. The number of methoxy groups -OCH3 is 1. The Hall–Kier alpha value is -0.580. The van der Waals surface area contributed by atoms with Crippen molar-refractivity contribution >= 4 is 21.6 Å². The summed E-state index contributed by atoms with van der Waals surface area (Å²) in [6.45, 7) is 3.69. The van der Waals surface area contributed by atoms with Crippen molar-refractivity contribution in [1.29, 1.82) is 0 Å². The molecular weight excluding hydrogens is 328 g/mol. The molecule has 0 spiro atoms. The van der Waals surface area contributed by atoms with Crippen molar-refractivity contribution in [3.8, 4) is 0 Å². The molecule has 0 aromatic heterocycles. The highest BCUT2D eigenvalue weighted by Crippen LogP contribution is 2.30. The number of ether oxygens (including phenoxy) is 1. The highest BCUT2D eigenvalue weighted by Gasteiger charge is 2.18. The van der Waals surface area contributed by atoms with Crippen molar-refractivity contribution in [3.05, 3.63) is 28.2 Å². The predicted octanol–water partition coefficient (Wildman–Crippen LogP) is 3.81. The largest absolute Gasteiger partial charge is 0.383 e. The lowest BCUT2D eigenvalue weighted by atomic mass is 10.1. The first kappa shape index (κ1) is 16.8. The van der Waals surface area contributed by atoms with E-state index in [1.165, 1.54) is 48.0 Å². The fraction of sp³-hybridized carbons (Fsp3) is 0.647. The maximum atomic E-state index is 5.04. The van der Waals surface area contributed by atoms with Gasteiger partial charge in [-0.2, -0.15) is 0 Å². The van der Waals surface area contributed by atoms with Gasteiger partial charge in [0.05, 0.1) is 12.3 Å². The molecule has 1 N–H and O–H groups in total. The summed E-state index contributed by atoms with van der Waals surface area (Å²) in [6, 6.07) is 6.66. The van der Waals surface area contributed by atoms with Gasteiger partial charge in [-0.1, -0.05) is 18.9 Å². The molecule has 0 heterocycles. The molecule has 1 aliphatic rings. The summed E-state index contributed by atoms with van der Waals surface area (Å²) in [5.74, 6) is 0.872. The van der Waals surface area contributed by atoms with Gasteiger partial charge in [-0.3, -0.25) is 0 Å². The molecule has 4 heteroatoms. The van der Waals surface area contributed by atoms with E-state index in [1.54, 1.807) is 7.11 Å². The molecule has 1 aromatic rings. The maximum Gasteiger partial charge on any atom is 0.0587 e. The average molecular weight is 355 g/mol. The number of nitrogens with zero attached hydrogens (tertiary/aromatic N) is 1. The zero-order valence-electron chi connectivity index (χ0n) is 13.2. The minimum Gasteiger partial charge on any atom is -0.383 e. The Labute approximate surface area is 137 Å². The molecule has 0 atom stereocenters. The quantitative estimate of drug-likeness (QED) is 0.718. The lowest BCUT2D eigenvalue weighted by Crippen LogP contribution is -2.24. The van der Waals surface area contributed by atoms with Crippen LogP contribution in [0.25, 0.3) is 0 Å². The van der Waals surface area contributed by atoms with E-state index in [0.29, 0.717) is 0 Å². The molecule has 0 unspecified atom stereocenters. The Morgan fingerprint density at radius 2 is 2.10 bits per heavy atom. The predicted molar refractivity (Wildman–Crippen MR) is 93.0 cm³/mol. The normalized spacial score (nSPS) is 15.6. The first-order valence-corrected chi connectivity index (χ1v) is 8.69. The number of hydrogen-bond donors (Lipinski definition) is 1. The van der Waals surface area contributed by atoms with Gasteiger partial charge in [0.25, 0.3) is 0 Å². The van der Waals surface area contributed by atoms with Crippen molar-refractivity contribution in [2.24, 2.45) is 5.92 Å². The molecule has 1 aliphatic carbocycles. The van der Waals surface area contributed by atoms with Gasteiger partial charge in [-0.25, -0.2) is 0 Å². The second-order valence-electron chi connectivity index (χ2n) is 5.99. The minimum absolute atomic E-state index is 0.753. The molecule has 0 aliphatic heterocycles. The van der Waals surface area contributed by atoms with Crippen LogP contribution in [0.2, 0.25) is 0 Å². The van der Waals surface area contributed by atoms with E-state index in [4.69, 9.17) is 4.74 Å². The van der Waals surface area contributed by atoms with Crippen LogP contribution in [0, 0.1) is 5.92 Å². The van der Waals surface area contributed by atoms with Gasteiger partial charge < -0.3 is 15.0 Å². The summed E-state index contributed by atoms with van der Waals surface area (Å²) >= 11 is 3.73. The Morgan fingerprint density at radius 3 is 2.76 bits per heavy atom. The third-order valence-corrected chi connectivity index (χ3v) is 4.88. The molecule has 0 amide bonds. The number of anilines is 1. The number of rotatable bonds is 8. The van der Waals surface area contributed by atoms with Gasteiger partial charge in [0.2, 0.25) is 0 Å². The molecule has 118 valence electrons. The van der Waals surface area contributed by atoms with Crippen LogP contribution in [-0.2, 0) is 11.3 Å². The van der Waals surface area contributed by atoms with Crippen molar-refractivity contribution in [3.63, 3.8) is 0 Å². The monoisotopic (exact) mass is 354 g/mol. The third-order valence-electron chi connectivity index (χ3n) is 4.24. The van der Waals surface area contributed by atoms with Gasteiger partial charge in [0.15, 0.2) is 0 Å². The second-order valence-corrected chi connectivity index (χ2v) is 6.84.